The Kier molecular flexibility index (Phi) is 6.23. The Morgan fingerprint density at radius 2 is 1.93 bits per heavy atom. The van der Waals surface area contributed by atoms with E-state index >= 15 is 0 Å². The van der Waals surface area contributed by atoms with Crippen LogP contribution in [0.4, 0.5) is 0 Å². The fourth-order valence-electron chi connectivity index (χ4n) is 3.79. The van der Waals surface area contributed by atoms with Crippen molar-refractivity contribution in [1.29, 1.82) is 0 Å². The van der Waals surface area contributed by atoms with Gasteiger partial charge in [-0.3, -0.25) is 4.79 Å². The summed E-state index contributed by atoms with van der Waals surface area (Å²) >= 11 is 7.90. The summed E-state index contributed by atoms with van der Waals surface area (Å²) in [4.78, 5) is 16.2. The van der Waals surface area contributed by atoms with Gasteiger partial charge in [-0.1, -0.05) is 17.7 Å². The summed E-state index contributed by atoms with van der Waals surface area (Å²) in [5, 5.41) is 2.11. The highest BCUT2D eigenvalue weighted by Crippen LogP contribution is 2.33. The number of hydrogen-bond donors (Lipinski definition) is 0. The average molecular weight is 469 g/mol. The van der Waals surface area contributed by atoms with Gasteiger partial charge in [0.2, 0.25) is 10.0 Å². The van der Waals surface area contributed by atoms with Crippen LogP contribution in [0.5, 0.6) is 0 Å². The van der Waals surface area contributed by atoms with Crippen LogP contribution in [-0.2, 0) is 21.3 Å². The summed E-state index contributed by atoms with van der Waals surface area (Å²) < 4.78 is 33.7. The molecule has 1 aromatic carbocycles. The molecule has 0 radical (unpaired) electrons. The van der Waals surface area contributed by atoms with Crippen molar-refractivity contribution < 1.29 is 17.9 Å². The molecule has 162 valence electrons. The van der Waals surface area contributed by atoms with Crippen LogP contribution in [0.3, 0.4) is 0 Å². The summed E-state index contributed by atoms with van der Waals surface area (Å²) in [7, 11) is -3.84. The van der Waals surface area contributed by atoms with Crippen LogP contribution in [0.1, 0.15) is 41.9 Å². The molecule has 9 heteroatoms. The maximum atomic E-state index is 13.3. The molecule has 1 saturated heterocycles. The zero-order chi connectivity index (χ0) is 21.5. The molecule has 2 aliphatic rings. The van der Waals surface area contributed by atoms with E-state index in [1.165, 1.54) is 16.4 Å². The predicted octanol–water partition coefficient (Wildman–Crippen LogP) is 4.00. The van der Waals surface area contributed by atoms with E-state index in [1.54, 1.807) is 17.4 Å². The number of carbonyl (C=O) groups excluding carboxylic acids is 1. The standard InChI is InChI=1S/C21H25ClN2O4S2/c1-14-11-23(12-15(2)28-14)30(26,27)20-10-16(5-8-19(20)22)21(25)24(17-6-7-17)13-18-4-3-9-29-18/h3-5,8-10,14-15,17H,6-7,11-13H2,1-2H3. The van der Waals surface area contributed by atoms with Gasteiger partial charge in [0.15, 0.2) is 0 Å². The fraction of sp³-hybridized carbons (Fsp3) is 0.476. The number of amides is 1. The number of nitrogens with zero attached hydrogens (tertiary/aromatic N) is 2. The molecular formula is C21H25ClN2O4S2. The molecule has 1 saturated carbocycles. The summed E-state index contributed by atoms with van der Waals surface area (Å²) in [5.74, 6) is -0.164. The van der Waals surface area contributed by atoms with Gasteiger partial charge in [-0.2, -0.15) is 4.31 Å². The van der Waals surface area contributed by atoms with Crippen LogP contribution in [0.25, 0.3) is 0 Å². The van der Waals surface area contributed by atoms with Gasteiger partial charge >= 0.3 is 0 Å². The van der Waals surface area contributed by atoms with Gasteiger partial charge in [-0.05, 0) is 56.3 Å². The Hall–Kier alpha value is -1.45. The predicted molar refractivity (Wildman–Crippen MR) is 117 cm³/mol. The second-order valence-corrected chi connectivity index (χ2v) is 11.3. The zero-order valence-corrected chi connectivity index (χ0v) is 19.3. The Morgan fingerprint density at radius 3 is 2.53 bits per heavy atom. The molecule has 2 atom stereocenters. The van der Waals surface area contributed by atoms with Gasteiger partial charge in [0.25, 0.3) is 5.91 Å². The van der Waals surface area contributed by atoms with Gasteiger partial charge in [-0.25, -0.2) is 8.42 Å². The average Bonchev–Trinajstić information content (AvgIpc) is 3.40. The molecule has 0 bridgehead atoms. The molecule has 2 fully saturated rings. The van der Waals surface area contributed by atoms with Crippen LogP contribution in [0, 0.1) is 0 Å². The van der Waals surface area contributed by atoms with E-state index in [4.69, 9.17) is 16.3 Å². The van der Waals surface area contributed by atoms with Gasteiger partial charge in [0, 0.05) is 29.6 Å². The highest BCUT2D eigenvalue weighted by atomic mass is 35.5. The fourth-order valence-corrected chi connectivity index (χ4v) is 6.58. The minimum atomic E-state index is -3.84. The van der Waals surface area contributed by atoms with Gasteiger partial charge in [0.1, 0.15) is 4.90 Å². The molecule has 2 unspecified atom stereocenters. The highest BCUT2D eigenvalue weighted by molar-refractivity contribution is 7.89. The molecule has 0 N–H and O–H groups in total. The van der Waals surface area contributed by atoms with Gasteiger partial charge in [-0.15, -0.1) is 11.3 Å². The molecule has 1 amide bonds. The first-order chi connectivity index (χ1) is 14.3. The first-order valence-electron chi connectivity index (χ1n) is 10.0. The van der Waals surface area contributed by atoms with E-state index in [-0.39, 0.29) is 47.2 Å². The number of thiophene rings is 1. The lowest BCUT2D eigenvalue weighted by atomic mass is 10.2. The van der Waals surface area contributed by atoms with E-state index in [0.717, 1.165) is 17.7 Å². The third-order valence-electron chi connectivity index (χ3n) is 5.34. The van der Waals surface area contributed by atoms with Crippen LogP contribution in [-0.4, -0.2) is 54.9 Å². The minimum Gasteiger partial charge on any atom is -0.373 e. The van der Waals surface area contributed by atoms with E-state index in [0.29, 0.717) is 12.1 Å². The van der Waals surface area contributed by atoms with Crippen molar-refractivity contribution in [1.82, 2.24) is 9.21 Å². The SMILES string of the molecule is CC1CN(S(=O)(=O)c2cc(C(=O)N(Cc3cccs3)C3CC3)ccc2Cl)CC(C)O1. The Balaban J connectivity index is 1.63. The Labute approximate surface area is 186 Å². The molecule has 1 aromatic heterocycles. The lowest BCUT2D eigenvalue weighted by Crippen LogP contribution is -2.48. The summed E-state index contributed by atoms with van der Waals surface area (Å²) in [6, 6.07) is 8.72. The zero-order valence-electron chi connectivity index (χ0n) is 17.0. The smallest absolute Gasteiger partial charge is 0.254 e. The molecule has 2 heterocycles. The monoisotopic (exact) mass is 468 g/mol. The van der Waals surface area contributed by atoms with Crippen LogP contribution < -0.4 is 0 Å². The topological polar surface area (TPSA) is 66.9 Å². The number of sulfonamides is 1. The second kappa shape index (κ2) is 8.59. The maximum absolute atomic E-state index is 13.3. The van der Waals surface area contributed by atoms with Crippen molar-refractivity contribution in [3.63, 3.8) is 0 Å². The molecular weight excluding hydrogens is 444 g/mol. The largest absolute Gasteiger partial charge is 0.373 e. The molecule has 2 aromatic rings. The summed E-state index contributed by atoms with van der Waals surface area (Å²) in [5.41, 5.74) is 0.343. The number of ether oxygens (including phenoxy) is 1. The third-order valence-corrected chi connectivity index (χ3v) is 8.51. The van der Waals surface area contributed by atoms with Crippen molar-refractivity contribution in [2.45, 2.75) is 56.4 Å². The van der Waals surface area contributed by atoms with Crippen molar-refractivity contribution in [3.05, 3.63) is 51.2 Å². The van der Waals surface area contributed by atoms with E-state index in [1.807, 2.05) is 36.3 Å². The molecule has 1 aliphatic carbocycles. The number of halogens is 1. The molecule has 1 aliphatic heterocycles. The first-order valence-corrected chi connectivity index (χ1v) is 12.7. The van der Waals surface area contributed by atoms with Gasteiger partial charge < -0.3 is 9.64 Å². The number of rotatable bonds is 6. The minimum absolute atomic E-state index is 0.0248. The van der Waals surface area contributed by atoms with Gasteiger partial charge in [0.05, 0.1) is 23.8 Å². The number of benzene rings is 1. The number of morpholine rings is 1. The number of carbonyl (C=O) groups is 1. The van der Waals surface area contributed by atoms with Crippen molar-refractivity contribution >= 4 is 38.9 Å². The summed E-state index contributed by atoms with van der Waals surface area (Å²) in [6.45, 7) is 4.74. The molecule has 0 spiro atoms. The molecule has 30 heavy (non-hydrogen) atoms. The van der Waals surface area contributed by atoms with Crippen LogP contribution in [0.15, 0.2) is 40.6 Å². The van der Waals surface area contributed by atoms with E-state index in [2.05, 4.69) is 0 Å². The quantitative estimate of drug-likeness (QED) is 0.642. The van der Waals surface area contributed by atoms with E-state index < -0.39 is 10.0 Å². The van der Waals surface area contributed by atoms with Crippen molar-refractivity contribution in [3.8, 4) is 0 Å². The molecule has 4 rings (SSSR count). The molecule has 6 nitrogen and oxygen atoms in total. The lowest BCUT2D eigenvalue weighted by Gasteiger charge is -2.34. The number of hydrogen-bond acceptors (Lipinski definition) is 5. The second-order valence-electron chi connectivity index (χ2n) is 7.97. The Morgan fingerprint density at radius 1 is 1.23 bits per heavy atom. The Bertz CT molecular complexity index is 1010. The van der Waals surface area contributed by atoms with Crippen LogP contribution in [0.2, 0.25) is 5.02 Å². The highest BCUT2D eigenvalue weighted by Gasteiger charge is 2.36. The lowest BCUT2D eigenvalue weighted by molar-refractivity contribution is -0.0440. The van der Waals surface area contributed by atoms with Crippen LogP contribution >= 0.6 is 22.9 Å². The van der Waals surface area contributed by atoms with E-state index in [9.17, 15) is 13.2 Å². The summed E-state index contributed by atoms with van der Waals surface area (Å²) in [6.07, 6.45) is 1.53. The first kappa shape index (κ1) is 21.8. The van der Waals surface area contributed by atoms with Crippen molar-refractivity contribution in [2.24, 2.45) is 0 Å². The maximum Gasteiger partial charge on any atom is 0.254 e. The normalized spacial score (nSPS) is 22.8. The third kappa shape index (κ3) is 4.57. The van der Waals surface area contributed by atoms with Crippen molar-refractivity contribution in [2.75, 3.05) is 13.1 Å².